The molecule has 0 N–H and O–H groups in total. The Balaban J connectivity index is 2.59. The fraction of sp³-hybridized carbons (Fsp3) is 0.320. The van der Waals surface area contributed by atoms with E-state index in [1.807, 2.05) is 25.1 Å². The summed E-state index contributed by atoms with van der Waals surface area (Å²) in [5.41, 5.74) is 8.02. The molecule has 0 bridgehead atoms. The number of hydrogen-bond donors (Lipinski definition) is 0. The molecule has 0 saturated heterocycles. The van der Waals surface area contributed by atoms with Crippen LogP contribution in [0.3, 0.4) is 0 Å². The number of aldehydes is 1. The van der Waals surface area contributed by atoms with Gasteiger partial charge in [-0.25, -0.2) is 0 Å². The van der Waals surface area contributed by atoms with Crippen LogP contribution in [0.1, 0.15) is 61.2 Å². The lowest BCUT2D eigenvalue weighted by atomic mass is 9.75. The zero-order valence-electron chi connectivity index (χ0n) is 16.7. The van der Waals surface area contributed by atoms with Gasteiger partial charge in [0, 0.05) is 11.0 Å². The Morgan fingerprint density at radius 2 is 1.85 bits per heavy atom. The van der Waals surface area contributed by atoms with Crippen molar-refractivity contribution < 1.29 is 4.79 Å². The Kier molecular flexibility index (Phi) is 6.37. The highest BCUT2D eigenvalue weighted by Crippen LogP contribution is 2.35. The Hall–Kier alpha value is -2.41. The van der Waals surface area contributed by atoms with Gasteiger partial charge in [-0.05, 0) is 66.6 Å². The average Bonchev–Trinajstić information content (AvgIpc) is 2.66. The molecule has 26 heavy (non-hydrogen) atoms. The molecule has 0 aliphatic heterocycles. The molecule has 0 fully saturated rings. The largest absolute Gasteiger partial charge is 0.298 e. The first-order valence-electron chi connectivity index (χ1n) is 9.39. The van der Waals surface area contributed by atoms with Crippen LogP contribution in [0.25, 0.3) is 11.1 Å². The monoisotopic (exact) mass is 346 g/mol. The molecule has 0 saturated carbocycles. The van der Waals surface area contributed by atoms with Crippen molar-refractivity contribution in [2.75, 3.05) is 0 Å². The average molecular weight is 347 g/mol. The summed E-state index contributed by atoms with van der Waals surface area (Å²) in [4.78, 5) is 11.2. The maximum atomic E-state index is 11.2. The summed E-state index contributed by atoms with van der Waals surface area (Å²) in [6, 6.07) is 12.8. The van der Waals surface area contributed by atoms with Crippen LogP contribution in [0.2, 0.25) is 0 Å². The van der Waals surface area contributed by atoms with E-state index in [4.69, 9.17) is 0 Å². The van der Waals surface area contributed by atoms with Crippen molar-refractivity contribution >= 4 is 6.29 Å². The fourth-order valence-corrected chi connectivity index (χ4v) is 3.60. The number of benzene rings is 2. The van der Waals surface area contributed by atoms with Gasteiger partial charge in [0.15, 0.2) is 0 Å². The van der Waals surface area contributed by atoms with Crippen molar-refractivity contribution in [2.24, 2.45) is 0 Å². The molecule has 0 radical (unpaired) electrons. The van der Waals surface area contributed by atoms with Crippen molar-refractivity contribution in [2.45, 2.75) is 52.9 Å². The van der Waals surface area contributed by atoms with E-state index in [2.05, 4.69) is 64.6 Å². The highest BCUT2D eigenvalue weighted by Gasteiger charge is 2.24. The molecule has 0 spiro atoms. The number of allylic oxidation sites excluding steroid dienone is 3. The topological polar surface area (TPSA) is 17.1 Å². The van der Waals surface area contributed by atoms with Gasteiger partial charge in [0.1, 0.15) is 6.29 Å². The van der Waals surface area contributed by atoms with Crippen molar-refractivity contribution in [3.63, 3.8) is 0 Å². The first kappa shape index (κ1) is 19.9. The summed E-state index contributed by atoms with van der Waals surface area (Å²) in [7, 11) is 0. The Bertz CT molecular complexity index is 841. The number of hydrogen-bond acceptors (Lipinski definition) is 1. The normalized spacial score (nSPS) is 14.0. The van der Waals surface area contributed by atoms with Gasteiger partial charge in [0.2, 0.25) is 0 Å². The Morgan fingerprint density at radius 1 is 1.12 bits per heavy atom. The second-order valence-electron chi connectivity index (χ2n) is 7.34. The molecule has 1 nitrogen and oxygen atoms in total. The van der Waals surface area contributed by atoms with Crippen LogP contribution >= 0.6 is 0 Å². The van der Waals surface area contributed by atoms with E-state index in [9.17, 15) is 4.79 Å². The van der Waals surface area contributed by atoms with E-state index in [-0.39, 0.29) is 5.41 Å². The minimum atomic E-state index is -0.0112. The zero-order chi connectivity index (χ0) is 19.3. The quantitative estimate of drug-likeness (QED) is 0.396. The third kappa shape index (κ3) is 4.22. The van der Waals surface area contributed by atoms with Gasteiger partial charge >= 0.3 is 0 Å². The van der Waals surface area contributed by atoms with Crippen LogP contribution in [0.5, 0.6) is 0 Å². The maximum Gasteiger partial charge on any atom is 0.150 e. The summed E-state index contributed by atoms with van der Waals surface area (Å²) in [6.07, 6.45) is 7.17. The molecule has 0 aliphatic carbocycles. The van der Waals surface area contributed by atoms with Crippen LogP contribution in [0.15, 0.2) is 60.7 Å². The number of rotatable bonds is 7. The molecule has 2 aromatic rings. The second-order valence-corrected chi connectivity index (χ2v) is 7.34. The van der Waals surface area contributed by atoms with Crippen molar-refractivity contribution in [1.82, 2.24) is 0 Å². The lowest BCUT2D eigenvalue weighted by Gasteiger charge is -2.29. The van der Waals surface area contributed by atoms with E-state index in [1.165, 1.54) is 22.3 Å². The molecule has 0 aliphatic rings. The predicted octanol–water partition coefficient (Wildman–Crippen LogP) is 6.84. The van der Waals surface area contributed by atoms with Crippen LogP contribution in [0.4, 0.5) is 0 Å². The number of aryl methyl sites for hydroxylation is 2. The lowest BCUT2D eigenvalue weighted by molar-refractivity contribution is 0.112. The van der Waals surface area contributed by atoms with E-state index in [0.29, 0.717) is 0 Å². The summed E-state index contributed by atoms with van der Waals surface area (Å²) in [5, 5.41) is 0. The Morgan fingerprint density at radius 3 is 2.42 bits per heavy atom. The summed E-state index contributed by atoms with van der Waals surface area (Å²) < 4.78 is 0. The smallest absolute Gasteiger partial charge is 0.150 e. The lowest BCUT2D eigenvalue weighted by Crippen LogP contribution is -2.20. The third-order valence-electron chi connectivity index (χ3n) is 5.27. The minimum absolute atomic E-state index is 0.0112. The van der Waals surface area contributed by atoms with E-state index < -0.39 is 0 Å². The first-order valence-corrected chi connectivity index (χ1v) is 9.39. The van der Waals surface area contributed by atoms with Crippen LogP contribution in [-0.4, -0.2) is 6.29 Å². The summed E-state index contributed by atoms with van der Waals surface area (Å²) in [6.45, 7) is 14.8. The Labute approximate surface area is 158 Å². The molecule has 1 unspecified atom stereocenters. The van der Waals surface area contributed by atoms with Gasteiger partial charge in [-0.1, -0.05) is 69.3 Å². The van der Waals surface area contributed by atoms with Gasteiger partial charge in [-0.15, -0.1) is 0 Å². The van der Waals surface area contributed by atoms with E-state index >= 15 is 0 Å². The summed E-state index contributed by atoms with van der Waals surface area (Å²) >= 11 is 0. The van der Waals surface area contributed by atoms with Crippen molar-refractivity contribution in [3.8, 4) is 11.1 Å². The highest BCUT2D eigenvalue weighted by atomic mass is 16.1. The van der Waals surface area contributed by atoms with Gasteiger partial charge < -0.3 is 0 Å². The van der Waals surface area contributed by atoms with Crippen LogP contribution in [0, 0.1) is 6.92 Å². The molecule has 136 valence electrons. The molecule has 2 aromatic carbocycles. The molecule has 0 amide bonds. The van der Waals surface area contributed by atoms with Gasteiger partial charge in [0.25, 0.3) is 0 Å². The predicted molar refractivity (Wildman–Crippen MR) is 113 cm³/mol. The van der Waals surface area contributed by atoms with E-state index in [0.717, 1.165) is 35.8 Å². The second kappa shape index (κ2) is 8.31. The fourth-order valence-electron chi connectivity index (χ4n) is 3.60. The molecule has 0 aromatic heterocycles. The molecular formula is C25H30O. The van der Waals surface area contributed by atoms with E-state index in [1.54, 1.807) is 0 Å². The van der Waals surface area contributed by atoms with Crippen LogP contribution in [-0.2, 0) is 11.8 Å². The highest BCUT2D eigenvalue weighted by molar-refractivity contribution is 5.79. The third-order valence-corrected chi connectivity index (χ3v) is 5.27. The minimum Gasteiger partial charge on any atom is -0.298 e. The zero-order valence-corrected chi connectivity index (χ0v) is 16.7. The maximum absolute atomic E-state index is 11.2. The molecule has 1 atom stereocenters. The molecule has 2 rings (SSSR count). The first-order chi connectivity index (χ1) is 12.4. The SMILES string of the molecule is C=CC(C)=CC(C)(CC)c1ccc(-c2cc(C)cc(C=O)c2)cc1CC. The molecule has 1 heteroatoms. The number of carbonyl (C=O) groups excluding carboxylic acids is 1. The van der Waals surface area contributed by atoms with Crippen molar-refractivity contribution in [3.05, 3.63) is 83.0 Å². The molecule has 0 heterocycles. The number of carbonyl (C=O) groups is 1. The van der Waals surface area contributed by atoms with Gasteiger partial charge in [-0.2, -0.15) is 0 Å². The van der Waals surface area contributed by atoms with Gasteiger partial charge in [0.05, 0.1) is 0 Å². The van der Waals surface area contributed by atoms with Gasteiger partial charge in [-0.3, -0.25) is 4.79 Å². The van der Waals surface area contributed by atoms with Crippen molar-refractivity contribution in [1.29, 1.82) is 0 Å². The van der Waals surface area contributed by atoms with Crippen LogP contribution < -0.4 is 0 Å². The standard InChI is InChI=1S/C25H30O/c1-7-18(4)16-25(6,9-3)24-11-10-22(15-21(24)8-2)23-13-19(5)12-20(14-23)17-26/h7,10-17H,1,8-9H2,2-6H3. The molecular weight excluding hydrogens is 316 g/mol. The summed E-state index contributed by atoms with van der Waals surface area (Å²) in [5.74, 6) is 0.